The molecule has 168 valence electrons. The van der Waals surface area contributed by atoms with Gasteiger partial charge in [0.15, 0.2) is 6.61 Å². The summed E-state index contributed by atoms with van der Waals surface area (Å²) in [6.07, 6.45) is 0.927. The molecule has 0 saturated carbocycles. The number of hydrogen-bond acceptors (Lipinski definition) is 7. The van der Waals surface area contributed by atoms with Crippen LogP contribution in [0, 0.1) is 0 Å². The van der Waals surface area contributed by atoms with Gasteiger partial charge in [0, 0.05) is 38.3 Å². The van der Waals surface area contributed by atoms with E-state index in [1.807, 2.05) is 48.5 Å². The van der Waals surface area contributed by atoms with Crippen molar-refractivity contribution in [1.82, 2.24) is 25.3 Å². The number of aromatic nitrogens is 2. The Bertz CT molecular complexity index is 1000. The van der Waals surface area contributed by atoms with Gasteiger partial charge < -0.3 is 24.3 Å². The lowest BCUT2D eigenvalue weighted by Gasteiger charge is -2.32. The molecule has 1 aliphatic rings. The largest absolute Gasteiger partial charge is 0.483 e. The molecule has 2 heterocycles. The molecular formula is C24H29N5O3. The number of piperazine rings is 1. The van der Waals surface area contributed by atoms with E-state index in [2.05, 4.69) is 32.4 Å². The molecule has 0 bridgehead atoms. The van der Waals surface area contributed by atoms with Gasteiger partial charge in [-0.1, -0.05) is 30.3 Å². The van der Waals surface area contributed by atoms with Crippen molar-refractivity contribution in [3.05, 3.63) is 54.6 Å². The van der Waals surface area contributed by atoms with Gasteiger partial charge in [0.1, 0.15) is 5.75 Å². The van der Waals surface area contributed by atoms with Gasteiger partial charge in [-0.15, -0.1) is 10.2 Å². The zero-order valence-electron chi connectivity index (χ0n) is 18.4. The molecule has 1 aliphatic heterocycles. The summed E-state index contributed by atoms with van der Waals surface area (Å²) in [4.78, 5) is 17.0. The Morgan fingerprint density at radius 1 is 1.00 bits per heavy atom. The first kappa shape index (κ1) is 22.0. The minimum atomic E-state index is -0.145. The van der Waals surface area contributed by atoms with Crippen LogP contribution in [0.2, 0.25) is 0 Å². The van der Waals surface area contributed by atoms with Crippen molar-refractivity contribution in [3.8, 4) is 28.7 Å². The van der Waals surface area contributed by atoms with Crippen molar-refractivity contribution < 1.29 is 13.9 Å². The molecule has 3 aromatic rings. The van der Waals surface area contributed by atoms with Gasteiger partial charge in [0.05, 0.1) is 5.56 Å². The van der Waals surface area contributed by atoms with Gasteiger partial charge in [0.2, 0.25) is 5.89 Å². The van der Waals surface area contributed by atoms with Crippen molar-refractivity contribution in [2.75, 3.05) is 52.9 Å². The second kappa shape index (κ2) is 10.9. The third-order valence-corrected chi connectivity index (χ3v) is 5.49. The smallest absolute Gasteiger partial charge is 0.257 e. The van der Waals surface area contributed by atoms with Crippen LogP contribution in [0.15, 0.2) is 59.0 Å². The molecule has 1 N–H and O–H groups in total. The first-order valence-electron chi connectivity index (χ1n) is 11.0. The monoisotopic (exact) mass is 435 g/mol. The quantitative estimate of drug-likeness (QED) is 0.517. The van der Waals surface area contributed by atoms with E-state index in [1.165, 1.54) is 0 Å². The van der Waals surface area contributed by atoms with E-state index in [0.717, 1.165) is 44.7 Å². The number of amides is 1. The van der Waals surface area contributed by atoms with Crippen LogP contribution >= 0.6 is 0 Å². The normalized spacial score (nSPS) is 14.9. The molecule has 0 atom stereocenters. The lowest BCUT2D eigenvalue weighted by Crippen LogP contribution is -2.45. The average molecular weight is 436 g/mol. The molecule has 4 rings (SSSR count). The first-order chi connectivity index (χ1) is 15.7. The third kappa shape index (κ3) is 5.93. The summed E-state index contributed by atoms with van der Waals surface area (Å²) in [5, 5.41) is 11.2. The van der Waals surface area contributed by atoms with Crippen LogP contribution in [0.3, 0.4) is 0 Å². The minimum Gasteiger partial charge on any atom is -0.483 e. The van der Waals surface area contributed by atoms with Gasteiger partial charge in [0.25, 0.3) is 11.8 Å². The van der Waals surface area contributed by atoms with Crippen molar-refractivity contribution in [2.24, 2.45) is 0 Å². The summed E-state index contributed by atoms with van der Waals surface area (Å²) in [6.45, 7) is 5.96. The fourth-order valence-corrected chi connectivity index (χ4v) is 3.59. The third-order valence-electron chi connectivity index (χ3n) is 5.49. The molecule has 8 nitrogen and oxygen atoms in total. The number of para-hydroxylation sites is 1. The van der Waals surface area contributed by atoms with Gasteiger partial charge in [-0.3, -0.25) is 4.79 Å². The molecule has 8 heteroatoms. The van der Waals surface area contributed by atoms with Crippen LogP contribution in [-0.4, -0.2) is 78.8 Å². The van der Waals surface area contributed by atoms with Crippen LogP contribution in [0.25, 0.3) is 22.9 Å². The summed E-state index contributed by atoms with van der Waals surface area (Å²) >= 11 is 0. The van der Waals surface area contributed by atoms with Crippen molar-refractivity contribution in [3.63, 3.8) is 0 Å². The molecule has 0 aliphatic carbocycles. The number of carbonyl (C=O) groups excluding carboxylic acids is 1. The van der Waals surface area contributed by atoms with Crippen LogP contribution in [0.4, 0.5) is 0 Å². The highest BCUT2D eigenvalue weighted by Gasteiger charge is 2.16. The number of carbonyl (C=O) groups is 1. The Hall–Kier alpha value is -3.23. The van der Waals surface area contributed by atoms with E-state index in [-0.39, 0.29) is 12.5 Å². The molecule has 0 spiro atoms. The Balaban J connectivity index is 1.26. The Labute approximate surface area is 188 Å². The molecular weight excluding hydrogens is 406 g/mol. The highest BCUT2D eigenvalue weighted by atomic mass is 16.5. The first-order valence-corrected chi connectivity index (χ1v) is 11.0. The van der Waals surface area contributed by atoms with Gasteiger partial charge >= 0.3 is 0 Å². The number of likely N-dealkylation sites (N-methyl/N-ethyl adjacent to an activating group) is 1. The zero-order valence-corrected chi connectivity index (χ0v) is 18.4. The zero-order chi connectivity index (χ0) is 22.2. The fraction of sp³-hybridized carbons (Fsp3) is 0.375. The predicted octanol–water partition coefficient (Wildman–Crippen LogP) is 2.54. The van der Waals surface area contributed by atoms with Crippen molar-refractivity contribution in [1.29, 1.82) is 0 Å². The summed E-state index contributed by atoms with van der Waals surface area (Å²) < 4.78 is 11.6. The molecule has 1 aromatic heterocycles. The van der Waals surface area contributed by atoms with Crippen molar-refractivity contribution in [2.45, 2.75) is 6.42 Å². The fourth-order valence-electron chi connectivity index (χ4n) is 3.59. The van der Waals surface area contributed by atoms with Gasteiger partial charge in [-0.05, 0) is 44.3 Å². The molecule has 0 radical (unpaired) electrons. The van der Waals surface area contributed by atoms with E-state index in [4.69, 9.17) is 9.15 Å². The molecule has 32 heavy (non-hydrogen) atoms. The number of ether oxygens (including phenoxy) is 1. The highest BCUT2D eigenvalue weighted by Crippen LogP contribution is 2.30. The van der Waals surface area contributed by atoms with Gasteiger partial charge in [-0.2, -0.15) is 0 Å². The summed E-state index contributed by atoms with van der Waals surface area (Å²) in [7, 11) is 2.15. The Morgan fingerprint density at radius 3 is 2.53 bits per heavy atom. The number of rotatable bonds is 9. The highest BCUT2D eigenvalue weighted by molar-refractivity contribution is 5.77. The minimum absolute atomic E-state index is 0.0643. The summed E-state index contributed by atoms with van der Waals surface area (Å²) in [5.41, 5.74) is 1.51. The van der Waals surface area contributed by atoms with Crippen LogP contribution < -0.4 is 10.1 Å². The van der Waals surface area contributed by atoms with E-state index >= 15 is 0 Å². The van der Waals surface area contributed by atoms with Gasteiger partial charge in [-0.25, -0.2) is 0 Å². The Morgan fingerprint density at radius 2 is 1.72 bits per heavy atom. The maximum Gasteiger partial charge on any atom is 0.257 e. The van der Waals surface area contributed by atoms with Crippen LogP contribution in [0.5, 0.6) is 5.75 Å². The van der Waals surface area contributed by atoms with E-state index in [1.54, 1.807) is 6.07 Å². The summed E-state index contributed by atoms with van der Waals surface area (Å²) in [6, 6.07) is 16.9. The topological polar surface area (TPSA) is 83.7 Å². The average Bonchev–Trinajstić information content (AvgIpc) is 3.33. The maximum atomic E-state index is 12.2. The predicted molar refractivity (Wildman–Crippen MR) is 122 cm³/mol. The van der Waals surface area contributed by atoms with E-state index in [0.29, 0.717) is 29.6 Å². The standard InChI is InChI=1S/C24H29N5O3/c1-28-14-16-29(17-15-28)13-7-12-25-22(30)18-31-21-11-6-5-10-20(21)24-27-26-23(32-24)19-8-3-2-4-9-19/h2-6,8-11H,7,12-18H2,1H3,(H,25,30). The number of benzene rings is 2. The van der Waals surface area contributed by atoms with Crippen LogP contribution in [-0.2, 0) is 4.79 Å². The lowest BCUT2D eigenvalue weighted by atomic mass is 10.2. The van der Waals surface area contributed by atoms with E-state index in [9.17, 15) is 4.79 Å². The van der Waals surface area contributed by atoms with E-state index < -0.39 is 0 Å². The maximum absolute atomic E-state index is 12.2. The summed E-state index contributed by atoms with van der Waals surface area (Å²) in [5.74, 6) is 1.18. The SMILES string of the molecule is CN1CCN(CCCNC(=O)COc2ccccc2-c2nnc(-c3ccccc3)o2)CC1. The van der Waals surface area contributed by atoms with Crippen molar-refractivity contribution >= 4 is 5.91 Å². The van der Waals surface area contributed by atoms with Crippen LogP contribution in [0.1, 0.15) is 6.42 Å². The second-order valence-corrected chi connectivity index (χ2v) is 7.91. The molecule has 1 fully saturated rings. The number of nitrogens with one attached hydrogen (secondary N) is 1. The molecule has 0 unspecified atom stereocenters. The Kier molecular flexibility index (Phi) is 7.47. The molecule has 1 saturated heterocycles. The molecule has 1 amide bonds. The number of hydrogen-bond donors (Lipinski definition) is 1. The number of nitrogens with zero attached hydrogens (tertiary/aromatic N) is 4. The lowest BCUT2D eigenvalue weighted by molar-refractivity contribution is -0.123. The molecule has 2 aromatic carbocycles. The second-order valence-electron chi connectivity index (χ2n) is 7.91.